The van der Waals surface area contributed by atoms with Gasteiger partial charge in [-0.05, 0) is 53.6 Å². The van der Waals surface area contributed by atoms with Crippen molar-refractivity contribution in [1.82, 2.24) is 0 Å². The first kappa shape index (κ1) is 12.1. The van der Waals surface area contributed by atoms with Crippen molar-refractivity contribution in [3.8, 4) is 0 Å². The summed E-state index contributed by atoms with van der Waals surface area (Å²) in [6, 6.07) is 1.73. The van der Waals surface area contributed by atoms with E-state index in [1.54, 1.807) is 6.07 Å². The van der Waals surface area contributed by atoms with E-state index < -0.39 is 11.7 Å². The van der Waals surface area contributed by atoms with Gasteiger partial charge in [0, 0.05) is 0 Å². The summed E-state index contributed by atoms with van der Waals surface area (Å²) in [5.41, 5.74) is -1.03. The second-order valence-electron chi connectivity index (χ2n) is 4.82. The van der Waals surface area contributed by atoms with E-state index in [1.165, 1.54) is 6.26 Å². The van der Waals surface area contributed by atoms with Gasteiger partial charge in [-0.1, -0.05) is 6.92 Å². The second kappa shape index (κ2) is 4.51. The van der Waals surface area contributed by atoms with Gasteiger partial charge in [0.05, 0.1) is 16.3 Å². The van der Waals surface area contributed by atoms with Crippen molar-refractivity contribution in [3.05, 3.63) is 22.6 Å². The van der Waals surface area contributed by atoms with Crippen LogP contribution in [-0.4, -0.2) is 15.8 Å². The molecule has 1 aromatic rings. The molecule has 1 saturated carbocycles. The molecule has 0 spiro atoms. The van der Waals surface area contributed by atoms with Crippen LogP contribution in [0.3, 0.4) is 0 Å². The van der Waals surface area contributed by atoms with Gasteiger partial charge in [-0.15, -0.1) is 0 Å². The molecule has 16 heavy (non-hydrogen) atoms. The molecule has 1 atom stereocenters. The van der Waals surface area contributed by atoms with Gasteiger partial charge >= 0.3 is 0 Å². The van der Waals surface area contributed by atoms with E-state index in [0.717, 1.165) is 12.8 Å². The van der Waals surface area contributed by atoms with Crippen molar-refractivity contribution in [1.29, 1.82) is 0 Å². The first-order valence-corrected chi connectivity index (χ1v) is 6.45. The third kappa shape index (κ3) is 2.19. The van der Waals surface area contributed by atoms with Crippen LogP contribution in [0, 0.1) is 5.92 Å². The Hall–Kier alpha value is -0.320. The van der Waals surface area contributed by atoms with Crippen LogP contribution >= 0.6 is 15.9 Å². The van der Waals surface area contributed by atoms with E-state index >= 15 is 0 Å². The minimum atomic E-state index is -1.03. The molecule has 1 fully saturated rings. The highest BCUT2D eigenvalue weighted by atomic mass is 79.9. The van der Waals surface area contributed by atoms with E-state index in [4.69, 9.17) is 4.42 Å². The van der Waals surface area contributed by atoms with Gasteiger partial charge in [0.25, 0.3) is 0 Å². The van der Waals surface area contributed by atoms with Crippen LogP contribution < -0.4 is 0 Å². The summed E-state index contributed by atoms with van der Waals surface area (Å²) in [6.07, 6.45) is 3.73. The molecule has 3 nitrogen and oxygen atoms in total. The summed E-state index contributed by atoms with van der Waals surface area (Å²) in [4.78, 5) is 0. The molecule has 2 rings (SSSR count). The SMILES string of the molecule is CC1CCC(O)(C(O)c2occc2Br)CC1. The quantitative estimate of drug-likeness (QED) is 0.880. The molecule has 0 aliphatic heterocycles. The number of aliphatic hydroxyl groups is 2. The summed E-state index contributed by atoms with van der Waals surface area (Å²) < 4.78 is 5.93. The maximum atomic E-state index is 10.4. The summed E-state index contributed by atoms with van der Waals surface area (Å²) >= 11 is 3.30. The van der Waals surface area contributed by atoms with Crippen LogP contribution in [-0.2, 0) is 0 Å². The van der Waals surface area contributed by atoms with Crippen LogP contribution in [0.15, 0.2) is 21.2 Å². The Bertz CT molecular complexity index is 353. The predicted molar refractivity (Wildman–Crippen MR) is 63.9 cm³/mol. The van der Waals surface area contributed by atoms with E-state index in [0.29, 0.717) is 29.0 Å². The van der Waals surface area contributed by atoms with Crippen LogP contribution in [0.5, 0.6) is 0 Å². The van der Waals surface area contributed by atoms with Crippen LogP contribution in [0.1, 0.15) is 44.5 Å². The largest absolute Gasteiger partial charge is 0.465 e. The van der Waals surface area contributed by atoms with Gasteiger partial charge in [0.2, 0.25) is 0 Å². The number of aliphatic hydroxyl groups excluding tert-OH is 1. The third-order valence-electron chi connectivity index (χ3n) is 3.54. The van der Waals surface area contributed by atoms with E-state index in [9.17, 15) is 10.2 Å². The molecule has 1 aromatic heterocycles. The maximum absolute atomic E-state index is 10.4. The number of halogens is 1. The molecule has 90 valence electrons. The highest BCUT2D eigenvalue weighted by Gasteiger charge is 2.41. The van der Waals surface area contributed by atoms with Crippen LogP contribution in [0.25, 0.3) is 0 Å². The Morgan fingerprint density at radius 1 is 1.50 bits per heavy atom. The molecule has 0 saturated heterocycles. The molecule has 1 heterocycles. The number of rotatable bonds is 2. The predicted octanol–water partition coefficient (Wildman–Crippen LogP) is 3.02. The van der Waals surface area contributed by atoms with Crippen LogP contribution in [0.4, 0.5) is 0 Å². The number of hydrogen-bond acceptors (Lipinski definition) is 3. The van der Waals surface area contributed by atoms with Crippen molar-refractivity contribution in [2.45, 2.75) is 44.3 Å². The lowest BCUT2D eigenvalue weighted by Gasteiger charge is -2.37. The van der Waals surface area contributed by atoms with Crippen molar-refractivity contribution >= 4 is 15.9 Å². The van der Waals surface area contributed by atoms with Gasteiger partial charge in [-0.2, -0.15) is 0 Å². The lowest BCUT2D eigenvalue weighted by Crippen LogP contribution is -2.39. The molecule has 0 radical (unpaired) electrons. The maximum Gasteiger partial charge on any atom is 0.149 e. The smallest absolute Gasteiger partial charge is 0.149 e. The molecule has 0 bridgehead atoms. The fraction of sp³-hybridized carbons (Fsp3) is 0.667. The molecule has 1 aliphatic carbocycles. The molecular formula is C12H17BrO3. The first-order valence-electron chi connectivity index (χ1n) is 5.66. The Balaban J connectivity index is 2.15. The molecule has 0 amide bonds. The zero-order valence-corrected chi connectivity index (χ0v) is 10.9. The van der Waals surface area contributed by atoms with Crippen molar-refractivity contribution in [2.75, 3.05) is 0 Å². The summed E-state index contributed by atoms with van der Waals surface area (Å²) in [5.74, 6) is 1.06. The Labute approximate surface area is 104 Å². The van der Waals surface area contributed by atoms with Gasteiger partial charge in [-0.25, -0.2) is 0 Å². The average Bonchev–Trinajstić information content (AvgIpc) is 2.68. The summed E-state index contributed by atoms with van der Waals surface area (Å²) in [7, 11) is 0. The van der Waals surface area contributed by atoms with Gasteiger partial charge in [0.1, 0.15) is 11.9 Å². The lowest BCUT2D eigenvalue weighted by atomic mass is 9.76. The monoisotopic (exact) mass is 288 g/mol. The topological polar surface area (TPSA) is 53.6 Å². The average molecular weight is 289 g/mol. The Kier molecular flexibility index (Phi) is 3.42. The molecule has 1 unspecified atom stereocenters. The highest BCUT2D eigenvalue weighted by molar-refractivity contribution is 9.10. The third-order valence-corrected chi connectivity index (χ3v) is 4.20. The van der Waals surface area contributed by atoms with Crippen molar-refractivity contribution in [3.63, 3.8) is 0 Å². The summed E-state index contributed by atoms with van der Waals surface area (Å²) in [5, 5.41) is 20.6. The lowest BCUT2D eigenvalue weighted by molar-refractivity contribution is -0.113. The van der Waals surface area contributed by atoms with E-state index in [-0.39, 0.29) is 0 Å². The fourth-order valence-electron chi connectivity index (χ4n) is 2.28. The summed E-state index contributed by atoms with van der Waals surface area (Å²) in [6.45, 7) is 2.18. The van der Waals surface area contributed by atoms with E-state index in [1.807, 2.05) is 0 Å². The number of furan rings is 1. The highest BCUT2D eigenvalue weighted by Crippen LogP contribution is 2.42. The second-order valence-corrected chi connectivity index (χ2v) is 5.68. The Morgan fingerprint density at radius 3 is 2.62 bits per heavy atom. The Morgan fingerprint density at radius 2 is 2.12 bits per heavy atom. The van der Waals surface area contributed by atoms with Crippen molar-refractivity contribution < 1.29 is 14.6 Å². The van der Waals surface area contributed by atoms with E-state index in [2.05, 4.69) is 22.9 Å². The molecule has 1 aliphatic rings. The molecule has 2 N–H and O–H groups in total. The van der Waals surface area contributed by atoms with Gasteiger partial charge in [-0.3, -0.25) is 0 Å². The van der Waals surface area contributed by atoms with Gasteiger partial charge in [0.15, 0.2) is 0 Å². The zero-order chi connectivity index (χ0) is 11.8. The molecule has 0 aromatic carbocycles. The molecule has 4 heteroatoms. The minimum absolute atomic E-state index is 0.428. The molecular weight excluding hydrogens is 272 g/mol. The van der Waals surface area contributed by atoms with Crippen LogP contribution in [0.2, 0.25) is 0 Å². The zero-order valence-electron chi connectivity index (χ0n) is 9.32. The normalized spacial score (nSPS) is 32.6. The minimum Gasteiger partial charge on any atom is -0.465 e. The fourth-order valence-corrected chi connectivity index (χ4v) is 2.70. The van der Waals surface area contributed by atoms with Gasteiger partial charge < -0.3 is 14.6 Å². The first-order chi connectivity index (χ1) is 7.53. The van der Waals surface area contributed by atoms with Crippen molar-refractivity contribution in [2.24, 2.45) is 5.92 Å². The number of hydrogen-bond donors (Lipinski definition) is 2. The standard InChI is InChI=1S/C12H17BrO3/c1-8-2-5-12(15,6-3-8)11(14)10-9(13)4-7-16-10/h4,7-8,11,14-15H,2-3,5-6H2,1H3.